The lowest BCUT2D eigenvalue weighted by Gasteiger charge is -2.04. The van der Waals surface area contributed by atoms with Gasteiger partial charge in [-0.1, -0.05) is 24.3 Å². The van der Waals surface area contributed by atoms with E-state index in [0.29, 0.717) is 11.0 Å². The van der Waals surface area contributed by atoms with Crippen molar-refractivity contribution in [3.8, 4) is 5.75 Å². The van der Waals surface area contributed by atoms with Crippen LogP contribution in [0.4, 0.5) is 10.1 Å². The number of ketones is 1. The highest BCUT2D eigenvalue weighted by atomic mass is 19.1. The molecule has 1 aromatic heterocycles. The molecule has 31 heavy (non-hydrogen) atoms. The maximum absolute atomic E-state index is 13.2. The van der Waals surface area contributed by atoms with Crippen molar-refractivity contribution >= 4 is 34.4 Å². The van der Waals surface area contributed by atoms with Crippen LogP contribution in [0.25, 0.3) is 17.0 Å². The third-order valence-electron chi connectivity index (χ3n) is 4.70. The number of anilines is 1. The lowest BCUT2D eigenvalue weighted by molar-refractivity contribution is -0.111. The van der Waals surface area contributed by atoms with Crippen LogP contribution < -0.4 is 10.1 Å². The SMILES string of the molecule is COc1ccc(/C=C/C(=O)Nc2c(C(=O)c3ccc(F)cc3)oc3ccccc23)cc1. The van der Waals surface area contributed by atoms with Crippen LogP contribution in [0.15, 0.2) is 83.3 Å². The van der Waals surface area contributed by atoms with Gasteiger partial charge >= 0.3 is 0 Å². The Balaban J connectivity index is 1.63. The largest absolute Gasteiger partial charge is 0.497 e. The second kappa shape index (κ2) is 8.67. The summed E-state index contributed by atoms with van der Waals surface area (Å²) in [5, 5.41) is 3.35. The summed E-state index contributed by atoms with van der Waals surface area (Å²) in [6.45, 7) is 0. The number of para-hydroxylation sites is 1. The molecule has 5 nitrogen and oxygen atoms in total. The Morgan fingerprint density at radius 2 is 1.68 bits per heavy atom. The summed E-state index contributed by atoms with van der Waals surface area (Å²) in [5.74, 6) is -0.617. The average molecular weight is 415 g/mol. The van der Waals surface area contributed by atoms with E-state index in [1.807, 2.05) is 12.1 Å². The summed E-state index contributed by atoms with van der Waals surface area (Å²) < 4.78 is 24.1. The molecule has 0 aliphatic carbocycles. The molecule has 6 heteroatoms. The highest BCUT2D eigenvalue weighted by Gasteiger charge is 2.23. The van der Waals surface area contributed by atoms with Crippen LogP contribution in [0.3, 0.4) is 0 Å². The minimum Gasteiger partial charge on any atom is -0.497 e. The lowest BCUT2D eigenvalue weighted by atomic mass is 10.1. The fourth-order valence-corrected chi connectivity index (χ4v) is 3.11. The fraction of sp³-hybridized carbons (Fsp3) is 0.0400. The molecule has 154 valence electrons. The lowest BCUT2D eigenvalue weighted by Crippen LogP contribution is -2.11. The second-order valence-corrected chi connectivity index (χ2v) is 6.73. The van der Waals surface area contributed by atoms with Crippen LogP contribution in [0.1, 0.15) is 21.7 Å². The Kier molecular flexibility index (Phi) is 5.62. The van der Waals surface area contributed by atoms with Gasteiger partial charge in [0.2, 0.25) is 11.7 Å². The van der Waals surface area contributed by atoms with Gasteiger partial charge in [0, 0.05) is 17.0 Å². The van der Waals surface area contributed by atoms with Crippen molar-refractivity contribution < 1.29 is 23.1 Å². The van der Waals surface area contributed by atoms with Gasteiger partial charge in [0.05, 0.1) is 12.8 Å². The van der Waals surface area contributed by atoms with Crippen LogP contribution in [-0.4, -0.2) is 18.8 Å². The number of halogens is 1. The number of amides is 1. The zero-order valence-corrected chi connectivity index (χ0v) is 16.6. The Morgan fingerprint density at radius 3 is 2.39 bits per heavy atom. The Bertz CT molecular complexity index is 1270. The molecule has 0 spiro atoms. The molecule has 1 heterocycles. The molecule has 1 amide bonds. The van der Waals surface area contributed by atoms with Crippen LogP contribution in [0.5, 0.6) is 5.75 Å². The van der Waals surface area contributed by atoms with Gasteiger partial charge in [-0.3, -0.25) is 9.59 Å². The van der Waals surface area contributed by atoms with Gasteiger partial charge in [-0.2, -0.15) is 0 Å². The summed E-state index contributed by atoms with van der Waals surface area (Å²) in [7, 11) is 1.58. The molecular weight excluding hydrogens is 397 g/mol. The Morgan fingerprint density at radius 1 is 0.968 bits per heavy atom. The molecule has 0 fully saturated rings. The molecule has 0 saturated carbocycles. The van der Waals surface area contributed by atoms with E-state index in [-0.39, 0.29) is 17.0 Å². The first-order valence-corrected chi connectivity index (χ1v) is 9.50. The van der Waals surface area contributed by atoms with Crippen molar-refractivity contribution in [2.75, 3.05) is 12.4 Å². The molecule has 0 aliphatic rings. The van der Waals surface area contributed by atoms with Gasteiger partial charge in [-0.15, -0.1) is 0 Å². The molecule has 0 aliphatic heterocycles. The van der Waals surface area contributed by atoms with Crippen molar-refractivity contribution in [2.45, 2.75) is 0 Å². The van der Waals surface area contributed by atoms with E-state index in [1.165, 1.54) is 30.3 Å². The fourth-order valence-electron chi connectivity index (χ4n) is 3.11. The topological polar surface area (TPSA) is 68.5 Å². The molecule has 0 atom stereocenters. The van der Waals surface area contributed by atoms with Crippen LogP contribution in [0, 0.1) is 5.82 Å². The number of fused-ring (bicyclic) bond motifs is 1. The molecule has 0 unspecified atom stereocenters. The number of hydrogen-bond donors (Lipinski definition) is 1. The summed E-state index contributed by atoms with van der Waals surface area (Å²) in [6, 6.07) is 19.4. The Hall–Kier alpha value is -4.19. The first kappa shape index (κ1) is 20.1. The molecule has 4 aromatic rings. The first-order valence-electron chi connectivity index (χ1n) is 9.50. The van der Waals surface area contributed by atoms with Crippen LogP contribution in [0.2, 0.25) is 0 Å². The molecule has 0 bridgehead atoms. The number of methoxy groups -OCH3 is 1. The number of carbonyl (C=O) groups is 2. The Labute approximate surface area is 177 Å². The van der Waals surface area contributed by atoms with Crippen molar-refractivity contribution in [2.24, 2.45) is 0 Å². The average Bonchev–Trinajstić information content (AvgIpc) is 3.16. The van der Waals surface area contributed by atoms with E-state index in [4.69, 9.17) is 9.15 Å². The molecular formula is C25H18FNO4. The summed E-state index contributed by atoms with van der Waals surface area (Å²) >= 11 is 0. The molecule has 1 N–H and O–H groups in total. The van der Waals surface area contributed by atoms with Crippen LogP contribution >= 0.6 is 0 Å². The molecule has 0 radical (unpaired) electrons. The predicted octanol–water partition coefficient (Wildman–Crippen LogP) is 5.46. The number of ether oxygens (including phenoxy) is 1. The predicted molar refractivity (Wildman–Crippen MR) is 117 cm³/mol. The number of hydrogen-bond acceptors (Lipinski definition) is 4. The highest BCUT2D eigenvalue weighted by molar-refractivity contribution is 6.18. The molecule has 4 rings (SSSR count). The van der Waals surface area contributed by atoms with Gasteiger partial charge in [-0.05, 0) is 60.2 Å². The number of benzene rings is 3. The normalized spacial score (nSPS) is 11.0. The second-order valence-electron chi connectivity index (χ2n) is 6.73. The summed E-state index contributed by atoms with van der Waals surface area (Å²) in [6.07, 6.45) is 3.02. The van der Waals surface area contributed by atoms with Gasteiger partial charge in [-0.25, -0.2) is 4.39 Å². The number of carbonyl (C=O) groups excluding carboxylic acids is 2. The third-order valence-corrected chi connectivity index (χ3v) is 4.70. The van der Waals surface area contributed by atoms with E-state index in [2.05, 4.69) is 5.32 Å². The van der Waals surface area contributed by atoms with Gasteiger partial charge in [0.15, 0.2) is 5.76 Å². The summed E-state index contributed by atoms with van der Waals surface area (Å²) in [5.41, 5.74) is 1.80. The van der Waals surface area contributed by atoms with Gasteiger partial charge in [0.25, 0.3) is 0 Å². The zero-order valence-electron chi connectivity index (χ0n) is 16.6. The van der Waals surface area contributed by atoms with E-state index < -0.39 is 17.5 Å². The smallest absolute Gasteiger partial charge is 0.248 e. The van der Waals surface area contributed by atoms with Gasteiger partial charge in [0.1, 0.15) is 17.1 Å². The van der Waals surface area contributed by atoms with E-state index >= 15 is 0 Å². The standard InChI is InChI=1S/C25H18FNO4/c1-30-19-13-6-16(7-14-19)8-15-22(28)27-23-20-4-2-3-5-21(20)31-25(23)24(29)17-9-11-18(26)12-10-17/h2-15H,1H3,(H,27,28)/b15-8+. The van der Waals surface area contributed by atoms with E-state index in [0.717, 1.165) is 11.3 Å². The van der Waals surface area contributed by atoms with Crippen molar-refractivity contribution in [1.29, 1.82) is 0 Å². The third kappa shape index (κ3) is 4.38. The quantitative estimate of drug-likeness (QED) is 0.335. The first-order chi connectivity index (χ1) is 15.0. The van der Waals surface area contributed by atoms with Crippen molar-refractivity contribution in [1.82, 2.24) is 0 Å². The number of nitrogens with one attached hydrogen (secondary N) is 1. The van der Waals surface area contributed by atoms with E-state index in [1.54, 1.807) is 49.6 Å². The minimum atomic E-state index is -0.453. The van der Waals surface area contributed by atoms with Gasteiger partial charge < -0.3 is 14.5 Å². The van der Waals surface area contributed by atoms with Crippen LogP contribution in [-0.2, 0) is 4.79 Å². The highest BCUT2D eigenvalue weighted by Crippen LogP contribution is 2.32. The number of furan rings is 1. The zero-order chi connectivity index (χ0) is 21.8. The van der Waals surface area contributed by atoms with E-state index in [9.17, 15) is 14.0 Å². The maximum atomic E-state index is 13.2. The monoisotopic (exact) mass is 415 g/mol. The maximum Gasteiger partial charge on any atom is 0.248 e. The van der Waals surface area contributed by atoms with Crippen molar-refractivity contribution in [3.05, 3.63) is 102 Å². The van der Waals surface area contributed by atoms with Crippen molar-refractivity contribution in [3.63, 3.8) is 0 Å². The summed E-state index contributed by atoms with van der Waals surface area (Å²) in [4.78, 5) is 25.6. The molecule has 3 aromatic carbocycles. The minimum absolute atomic E-state index is 0.0148. The molecule has 0 saturated heterocycles. The number of rotatable bonds is 6.